The van der Waals surface area contributed by atoms with Gasteiger partial charge in [-0.2, -0.15) is 0 Å². The molecule has 1 aromatic heterocycles. The number of pyridine rings is 1. The van der Waals surface area contributed by atoms with Gasteiger partial charge in [0.15, 0.2) is 0 Å². The van der Waals surface area contributed by atoms with Gasteiger partial charge in [0, 0.05) is 31.5 Å². The van der Waals surface area contributed by atoms with Gasteiger partial charge in [-0.1, -0.05) is 23.7 Å². The van der Waals surface area contributed by atoms with Crippen LogP contribution in [-0.2, 0) is 6.54 Å². The zero-order valence-corrected chi connectivity index (χ0v) is 13.2. The maximum atomic E-state index is 10.1. The Balaban J connectivity index is 1.84. The quantitative estimate of drug-likeness (QED) is 0.941. The molecule has 2 atom stereocenters. The predicted octanol–water partition coefficient (Wildman–Crippen LogP) is 3.05. The summed E-state index contributed by atoms with van der Waals surface area (Å²) in [5.74, 6) is 0.834. The lowest BCUT2D eigenvalue weighted by Crippen LogP contribution is -2.24. The second-order valence-electron chi connectivity index (χ2n) is 5.58. The highest BCUT2D eigenvalue weighted by Gasteiger charge is 2.32. The standard InChI is InChI=1S/C17H19ClN2O2/c1-22-15-4-2-3-12(7-15)17-8-14(21)11-20(17)10-13-5-6-19-9-16(13)18/h2-7,9,14,17,21H,8,10-11H2,1H3/t14-,17-/m1/s1. The number of benzene rings is 1. The van der Waals surface area contributed by atoms with Crippen molar-refractivity contribution in [3.8, 4) is 5.75 Å². The van der Waals surface area contributed by atoms with Crippen molar-refractivity contribution < 1.29 is 9.84 Å². The molecule has 1 saturated heterocycles. The lowest BCUT2D eigenvalue weighted by Gasteiger charge is -2.25. The van der Waals surface area contributed by atoms with Crippen LogP contribution in [0.4, 0.5) is 0 Å². The zero-order valence-electron chi connectivity index (χ0n) is 12.4. The number of hydrogen-bond donors (Lipinski definition) is 1. The number of aromatic nitrogens is 1. The first-order valence-electron chi connectivity index (χ1n) is 7.32. The number of aliphatic hydroxyl groups excluding tert-OH is 1. The van der Waals surface area contributed by atoms with Crippen LogP contribution in [0.15, 0.2) is 42.7 Å². The third kappa shape index (κ3) is 3.24. The van der Waals surface area contributed by atoms with Crippen molar-refractivity contribution in [1.29, 1.82) is 0 Å². The van der Waals surface area contributed by atoms with Crippen molar-refractivity contribution in [1.82, 2.24) is 9.88 Å². The third-order valence-corrected chi connectivity index (χ3v) is 4.43. The van der Waals surface area contributed by atoms with E-state index in [4.69, 9.17) is 16.3 Å². The summed E-state index contributed by atoms with van der Waals surface area (Å²) in [5, 5.41) is 10.7. The molecule has 0 bridgehead atoms. The van der Waals surface area contributed by atoms with E-state index in [1.54, 1.807) is 19.5 Å². The van der Waals surface area contributed by atoms with E-state index >= 15 is 0 Å². The van der Waals surface area contributed by atoms with Gasteiger partial charge in [0.05, 0.1) is 18.2 Å². The summed E-state index contributed by atoms with van der Waals surface area (Å²) in [6.45, 7) is 1.33. The molecule has 1 fully saturated rings. The number of hydrogen-bond acceptors (Lipinski definition) is 4. The molecule has 0 unspecified atom stereocenters. The van der Waals surface area contributed by atoms with Gasteiger partial charge in [0.2, 0.25) is 0 Å². The summed E-state index contributed by atoms with van der Waals surface area (Å²) in [6.07, 6.45) is 3.80. The van der Waals surface area contributed by atoms with Crippen LogP contribution >= 0.6 is 11.6 Å². The van der Waals surface area contributed by atoms with Gasteiger partial charge < -0.3 is 9.84 Å². The minimum atomic E-state index is -0.322. The Morgan fingerprint density at radius 1 is 1.41 bits per heavy atom. The van der Waals surface area contributed by atoms with Crippen molar-refractivity contribution >= 4 is 11.6 Å². The normalized spacial score (nSPS) is 22.0. The molecule has 2 heterocycles. The summed E-state index contributed by atoms with van der Waals surface area (Å²) < 4.78 is 5.30. The van der Waals surface area contributed by atoms with Gasteiger partial charge in [0.25, 0.3) is 0 Å². The first-order chi connectivity index (χ1) is 10.7. The Labute approximate surface area is 135 Å². The molecule has 0 spiro atoms. The second kappa shape index (κ2) is 6.65. The van der Waals surface area contributed by atoms with E-state index in [9.17, 15) is 5.11 Å². The van der Waals surface area contributed by atoms with E-state index in [2.05, 4.69) is 16.0 Å². The maximum absolute atomic E-state index is 10.1. The summed E-state index contributed by atoms with van der Waals surface area (Å²) in [6, 6.07) is 10.1. The van der Waals surface area contributed by atoms with Gasteiger partial charge in [-0.05, 0) is 35.7 Å². The van der Waals surface area contributed by atoms with Crippen LogP contribution in [0.3, 0.4) is 0 Å². The fraction of sp³-hybridized carbons (Fsp3) is 0.353. The minimum absolute atomic E-state index is 0.161. The van der Waals surface area contributed by atoms with Crippen LogP contribution in [0.25, 0.3) is 0 Å². The molecule has 0 aliphatic carbocycles. The Morgan fingerprint density at radius 3 is 3.05 bits per heavy atom. The number of rotatable bonds is 4. The van der Waals surface area contributed by atoms with Gasteiger partial charge in [-0.3, -0.25) is 9.88 Å². The summed E-state index contributed by atoms with van der Waals surface area (Å²) >= 11 is 6.21. The van der Waals surface area contributed by atoms with E-state index < -0.39 is 0 Å². The largest absolute Gasteiger partial charge is 0.497 e. The maximum Gasteiger partial charge on any atom is 0.119 e. The van der Waals surface area contributed by atoms with Crippen molar-refractivity contribution in [3.63, 3.8) is 0 Å². The molecule has 1 N–H and O–H groups in total. The van der Waals surface area contributed by atoms with Crippen LogP contribution < -0.4 is 4.74 Å². The summed E-state index contributed by atoms with van der Waals surface area (Å²) in [7, 11) is 1.66. The zero-order chi connectivity index (χ0) is 15.5. The number of halogens is 1. The van der Waals surface area contributed by atoms with E-state index in [0.29, 0.717) is 18.1 Å². The number of ether oxygens (including phenoxy) is 1. The van der Waals surface area contributed by atoms with Gasteiger partial charge in [-0.15, -0.1) is 0 Å². The fourth-order valence-electron chi connectivity index (χ4n) is 3.00. The topological polar surface area (TPSA) is 45.6 Å². The van der Waals surface area contributed by atoms with Crippen molar-refractivity contribution in [2.45, 2.75) is 25.1 Å². The minimum Gasteiger partial charge on any atom is -0.497 e. The Bertz CT molecular complexity index is 650. The van der Waals surface area contributed by atoms with E-state index in [0.717, 1.165) is 23.3 Å². The number of β-amino-alcohol motifs (C(OH)–C–C–N with tert-alkyl or cyclic N) is 1. The van der Waals surface area contributed by atoms with Crippen molar-refractivity contribution in [2.24, 2.45) is 0 Å². The highest BCUT2D eigenvalue weighted by Crippen LogP contribution is 2.35. The molecule has 0 radical (unpaired) electrons. The molecule has 1 aliphatic heterocycles. The predicted molar refractivity (Wildman–Crippen MR) is 86.0 cm³/mol. The van der Waals surface area contributed by atoms with Gasteiger partial charge in [-0.25, -0.2) is 0 Å². The van der Waals surface area contributed by atoms with E-state index in [1.807, 2.05) is 24.3 Å². The number of methoxy groups -OCH3 is 1. The molecule has 3 rings (SSSR count). The molecule has 2 aromatic rings. The van der Waals surface area contributed by atoms with Crippen molar-refractivity contribution in [3.05, 3.63) is 58.9 Å². The Kier molecular flexibility index (Phi) is 4.62. The summed E-state index contributed by atoms with van der Waals surface area (Å²) in [5.41, 5.74) is 2.18. The fourth-order valence-corrected chi connectivity index (χ4v) is 3.18. The molecule has 0 amide bonds. The highest BCUT2D eigenvalue weighted by molar-refractivity contribution is 6.31. The summed E-state index contributed by atoms with van der Waals surface area (Å²) in [4.78, 5) is 6.27. The SMILES string of the molecule is COc1cccc([C@H]2C[C@@H](O)CN2Cc2ccncc2Cl)c1. The Morgan fingerprint density at radius 2 is 2.27 bits per heavy atom. The molecular formula is C17H19ClN2O2. The van der Waals surface area contributed by atoms with E-state index in [-0.39, 0.29) is 12.1 Å². The molecule has 1 aliphatic rings. The first-order valence-corrected chi connectivity index (χ1v) is 7.69. The molecule has 116 valence electrons. The van der Waals surface area contributed by atoms with Crippen LogP contribution in [-0.4, -0.2) is 34.7 Å². The molecule has 4 nitrogen and oxygen atoms in total. The van der Waals surface area contributed by atoms with Crippen LogP contribution in [0, 0.1) is 0 Å². The van der Waals surface area contributed by atoms with Crippen LogP contribution in [0.1, 0.15) is 23.6 Å². The molecule has 22 heavy (non-hydrogen) atoms. The number of aliphatic hydroxyl groups is 1. The van der Waals surface area contributed by atoms with Crippen molar-refractivity contribution in [2.75, 3.05) is 13.7 Å². The average molecular weight is 319 g/mol. The second-order valence-corrected chi connectivity index (χ2v) is 5.99. The lowest BCUT2D eigenvalue weighted by atomic mass is 10.0. The first kappa shape index (κ1) is 15.3. The molecular weight excluding hydrogens is 300 g/mol. The van der Waals surface area contributed by atoms with Gasteiger partial charge >= 0.3 is 0 Å². The molecule has 0 saturated carbocycles. The third-order valence-electron chi connectivity index (χ3n) is 4.09. The smallest absolute Gasteiger partial charge is 0.119 e. The van der Waals surface area contributed by atoms with Gasteiger partial charge in [0.1, 0.15) is 5.75 Å². The number of nitrogens with zero attached hydrogens (tertiary/aromatic N) is 2. The molecule has 1 aromatic carbocycles. The van der Waals surface area contributed by atoms with Crippen LogP contribution in [0.2, 0.25) is 5.02 Å². The molecule has 5 heteroatoms. The van der Waals surface area contributed by atoms with Crippen LogP contribution in [0.5, 0.6) is 5.75 Å². The monoisotopic (exact) mass is 318 g/mol. The highest BCUT2D eigenvalue weighted by atomic mass is 35.5. The lowest BCUT2D eigenvalue weighted by molar-refractivity contribution is 0.172. The number of likely N-dealkylation sites (tertiary alicyclic amines) is 1. The Hall–Kier alpha value is -1.62. The average Bonchev–Trinajstić information content (AvgIpc) is 2.90. The van der Waals surface area contributed by atoms with E-state index in [1.165, 1.54) is 0 Å².